The number of carbonyl (C=O) groups is 1. The minimum Gasteiger partial charge on any atom is -0.308 e. The molecule has 0 saturated carbocycles. The van der Waals surface area contributed by atoms with Gasteiger partial charge in [0.15, 0.2) is 5.13 Å². The largest absolute Gasteiger partial charge is 0.308 e. The number of hydrogen-bond acceptors (Lipinski definition) is 6. The number of aromatic nitrogens is 3. The third-order valence-electron chi connectivity index (χ3n) is 4.20. The molecular weight excluding hydrogens is 358 g/mol. The molecule has 7 heteroatoms. The molecule has 4 aromatic rings. The van der Waals surface area contributed by atoms with Crippen LogP contribution in [0.3, 0.4) is 0 Å². The van der Waals surface area contributed by atoms with Crippen molar-refractivity contribution in [2.45, 2.75) is 0 Å². The van der Waals surface area contributed by atoms with Gasteiger partial charge in [0.25, 0.3) is 5.91 Å². The van der Waals surface area contributed by atoms with Crippen LogP contribution in [0.5, 0.6) is 0 Å². The number of likely N-dealkylation sites (N-methyl/N-ethyl adjacent to an activating group) is 1. The van der Waals surface area contributed by atoms with Gasteiger partial charge in [-0.15, -0.1) is 0 Å². The summed E-state index contributed by atoms with van der Waals surface area (Å²) in [5.41, 5.74) is 2.70. The molecule has 1 amide bonds. The molecule has 0 atom stereocenters. The summed E-state index contributed by atoms with van der Waals surface area (Å²) < 4.78 is 1.06. The predicted octanol–water partition coefficient (Wildman–Crippen LogP) is 3.45. The summed E-state index contributed by atoms with van der Waals surface area (Å²) in [6.07, 6.45) is 1.54. The monoisotopic (exact) mass is 377 g/mol. The molecule has 0 aliphatic carbocycles. The Morgan fingerprint density at radius 1 is 0.926 bits per heavy atom. The fraction of sp³-hybridized carbons (Fsp3) is 0.200. The fourth-order valence-electron chi connectivity index (χ4n) is 2.76. The summed E-state index contributed by atoms with van der Waals surface area (Å²) in [5.74, 6) is -0.186. The van der Waals surface area contributed by atoms with E-state index in [9.17, 15) is 4.79 Å². The molecule has 6 nitrogen and oxygen atoms in total. The summed E-state index contributed by atoms with van der Waals surface area (Å²) in [5, 5.41) is 0.679. The van der Waals surface area contributed by atoms with Crippen molar-refractivity contribution in [3.63, 3.8) is 0 Å². The summed E-state index contributed by atoms with van der Waals surface area (Å²) in [6, 6.07) is 15.4. The number of nitrogens with zero attached hydrogens (tertiary/aromatic N) is 5. The van der Waals surface area contributed by atoms with Gasteiger partial charge in [-0.3, -0.25) is 14.7 Å². The first-order valence-electron chi connectivity index (χ1n) is 8.66. The lowest BCUT2D eigenvalue weighted by atomic mass is 10.3. The van der Waals surface area contributed by atoms with Gasteiger partial charge in [0, 0.05) is 13.1 Å². The van der Waals surface area contributed by atoms with Crippen LogP contribution in [0, 0.1) is 0 Å². The summed E-state index contributed by atoms with van der Waals surface area (Å²) in [4.78, 5) is 30.5. The van der Waals surface area contributed by atoms with Crippen molar-refractivity contribution >= 4 is 43.6 Å². The zero-order chi connectivity index (χ0) is 18.8. The van der Waals surface area contributed by atoms with Gasteiger partial charge in [0.2, 0.25) is 0 Å². The summed E-state index contributed by atoms with van der Waals surface area (Å²) in [7, 11) is 3.97. The van der Waals surface area contributed by atoms with E-state index in [1.165, 1.54) is 11.3 Å². The highest BCUT2D eigenvalue weighted by Gasteiger charge is 2.23. The van der Waals surface area contributed by atoms with E-state index >= 15 is 0 Å². The Labute approximate surface area is 161 Å². The van der Waals surface area contributed by atoms with Crippen molar-refractivity contribution in [2.75, 3.05) is 32.1 Å². The van der Waals surface area contributed by atoms with Gasteiger partial charge in [-0.2, -0.15) is 0 Å². The Bertz CT molecular complexity index is 1070. The molecule has 0 aliphatic rings. The van der Waals surface area contributed by atoms with Gasteiger partial charge >= 0.3 is 0 Å². The second kappa shape index (κ2) is 7.38. The molecule has 0 saturated heterocycles. The molecule has 2 aromatic heterocycles. The van der Waals surface area contributed by atoms with Crippen LogP contribution < -0.4 is 4.90 Å². The van der Waals surface area contributed by atoms with Crippen molar-refractivity contribution in [3.05, 3.63) is 60.4 Å². The van der Waals surface area contributed by atoms with E-state index in [1.54, 1.807) is 11.1 Å². The Kier molecular flexibility index (Phi) is 4.79. The van der Waals surface area contributed by atoms with E-state index in [0.29, 0.717) is 22.9 Å². The Morgan fingerprint density at radius 3 is 2.37 bits per heavy atom. The molecule has 0 aliphatic heterocycles. The average Bonchev–Trinajstić information content (AvgIpc) is 3.11. The number of hydrogen-bond donors (Lipinski definition) is 0. The number of anilines is 1. The van der Waals surface area contributed by atoms with Crippen molar-refractivity contribution < 1.29 is 4.79 Å². The topological polar surface area (TPSA) is 62.2 Å². The zero-order valence-corrected chi connectivity index (χ0v) is 16.0. The number of rotatable bonds is 5. The molecule has 0 fully saturated rings. The van der Waals surface area contributed by atoms with Crippen molar-refractivity contribution in [3.8, 4) is 0 Å². The van der Waals surface area contributed by atoms with Crippen LogP contribution in [0.1, 0.15) is 10.5 Å². The normalized spacial score (nSPS) is 11.4. The number of fused-ring (bicyclic) bond motifs is 2. The lowest BCUT2D eigenvalue weighted by molar-refractivity contribution is 0.0980. The van der Waals surface area contributed by atoms with Gasteiger partial charge < -0.3 is 4.90 Å². The molecule has 0 unspecified atom stereocenters. The van der Waals surface area contributed by atoms with Crippen LogP contribution in [0.4, 0.5) is 5.13 Å². The van der Waals surface area contributed by atoms with E-state index in [4.69, 9.17) is 0 Å². The molecule has 2 heterocycles. The van der Waals surface area contributed by atoms with Gasteiger partial charge in [0.05, 0.1) is 27.4 Å². The third-order valence-corrected chi connectivity index (χ3v) is 5.26. The minimum absolute atomic E-state index is 0.186. The standard InChI is InChI=1S/C20H19N5OS/c1-24(2)11-12-25(20-23-16-9-5-6-10-18(16)27-20)19(26)17-13-21-14-7-3-4-8-15(14)22-17/h3-10,13H,11-12H2,1-2H3. The van der Waals surface area contributed by atoms with Gasteiger partial charge in [-0.25, -0.2) is 9.97 Å². The quantitative estimate of drug-likeness (QED) is 0.533. The smallest absolute Gasteiger partial charge is 0.280 e. The minimum atomic E-state index is -0.186. The summed E-state index contributed by atoms with van der Waals surface area (Å²) >= 11 is 1.51. The van der Waals surface area contributed by atoms with Gasteiger partial charge in [-0.05, 0) is 38.4 Å². The van der Waals surface area contributed by atoms with E-state index in [-0.39, 0.29) is 5.91 Å². The predicted molar refractivity (Wildman–Crippen MR) is 109 cm³/mol. The molecule has 0 spiro atoms. The first-order chi connectivity index (χ1) is 13.1. The second-order valence-corrected chi connectivity index (χ2v) is 7.48. The van der Waals surface area contributed by atoms with E-state index < -0.39 is 0 Å². The van der Waals surface area contributed by atoms with Gasteiger partial charge in [0.1, 0.15) is 5.69 Å². The third kappa shape index (κ3) is 3.65. The Balaban J connectivity index is 1.73. The molecule has 0 N–H and O–H groups in total. The second-order valence-electron chi connectivity index (χ2n) is 6.47. The lowest BCUT2D eigenvalue weighted by Gasteiger charge is -2.21. The van der Waals surface area contributed by atoms with Crippen LogP contribution >= 0.6 is 11.3 Å². The van der Waals surface area contributed by atoms with Crippen LogP contribution in [0.2, 0.25) is 0 Å². The van der Waals surface area contributed by atoms with E-state index in [0.717, 1.165) is 22.3 Å². The highest BCUT2D eigenvalue weighted by molar-refractivity contribution is 7.22. The number of para-hydroxylation sites is 3. The highest BCUT2D eigenvalue weighted by Crippen LogP contribution is 2.29. The Morgan fingerprint density at radius 2 is 1.63 bits per heavy atom. The van der Waals surface area contributed by atoms with Crippen LogP contribution in [0.25, 0.3) is 21.3 Å². The van der Waals surface area contributed by atoms with Crippen molar-refractivity contribution in [1.82, 2.24) is 19.9 Å². The molecule has 0 radical (unpaired) electrons. The van der Waals surface area contributed by atoms with E-state index in [1.807, 2.05) is 67.5 Å². The molecular formula is C20H19N5OS. The number of benzene rings is 2. The maximum atomic E-state index is 13.2. The summed E-state index contributed by atoms with van der Waals surface area (Å²) in [6.45, 7) is 1.25. The molecule has 27 heavy (non-hydrogen) atoms. The fourth-order valence-corrected chi connectivity index (χ4v) is 3.75. The maximum Gasteiger partial charge on any atom is 0.280 e. The van der Waals surface area contributed by atoms with Crippen LogP contribution in [-0.2, 0) is 0 Å². The van der Waals surface area contributed by atoms with E-state index in [2.05, 4.69) is 15.0 Å². The lowest BCUT2D eigenvalue weighted by Crippen LogP contribution is -2.37. The van der Waals surface area contributed by atoms with Crippen molar-refractivity contribution in [2.24, 2.45) is 0 Å². The number of carbonyl (C=O) groups excluding carboxylic acids is 1. The zero-order valence-electron chi connectivity index (χ0n) is 15.2. The molecule has 4 rings (SSSR count). The first-order valence-corrected chi connectivity index (χ1v) is 9.47. The van der Waals surface area contributed by atoms with Crippen LogP contribution in [0.15, 0.2) is 54.7 Å². The molecule has 0 bridgehead atoms. The van der Waals surface area contributed by atoms with Gasteiger partial charge in [-0.1, -0.05) is 35.6 Å². The molecule has 2 aromatic carbocycles. The number of thiazole rings is 1. The molecule has 136 valence electrons. The van der Waals surface area contributed by atoms with Crippen molar-refractivity contribution in [1.29, 1.82) is 0 Å². The number of amides is 1. The highest BCUT2D eigenvalue weighted by atomic mass is 32.1. The first kappa shape index (κ1) is 17.5. The van der Waals surface area contributed by atoms with Crippen LogP contribution in [-0.4, -0.2) is 52.9 Å². The average molecular weight is 377 g/mol. The SMILES string of the molecule is CN(C)CCN(C(=O)c1cnc2ccccc2n1)c1nc2ccccc2s1. The Hall–Kier alpha value is -2.90. The maximum absolute atomic E-state index is 13.2.